The number of ether oxygens (including phenoxy) is 1. The minimum absolute atomic E-state index is 0.0515. The molecule has 31 heavy (non-hydrogen) atoms. The average molecular weight is 434 g/mol. The third-order valence-electron chi connectivity index (χ3n) is 4.89. The highest BCUT2D eigenvalue weighted by Crippen LogP contribution is 2.35. The van der Waals surface area contributed by atoms with Gasteiger partial charge in [0.1, 0.15) is 5.58 Å². The van der Waals surface area contributed by atoms with Gasteiger partial charge in [0, 0.05) is 11.3 Å². The van der Waals surface area contributed by atoms with Crippen LogP contribution in [0.3, 0.4) is 0 Å². The number of benzene rings is 3. The van der Waals surface area contributed by atoms with Crippen LogP contribution in [0.2, 0.25) is 5.02 Å². The van der Waals surface area contributed by atoms with Crippen LogP contribution in [0.4, 0.5) is 5.69 Å². The Morgan fingerprint density at radius 3 is 2.55 bits per heavy atom. The van der Waals surface area contributed by atoms with E-state index in [1.54, 1.807) is 42.5 Å². The Balaban J connectivity index is 1.73. The smallest absolute Gasteiger partial charge is 0.262 e. The maximum Gasteiger partial charge on any atom is 0.262 e. The summed E-state index contributed by atoms with van der Waals surface area (Å²) >= 11 is 6.36. The first-order valence-corrected chi connectivity index (χ1v) is 10.1. The molecule has 1 heterocycles. The molecule has 0 bridgehead atoms. The van der Waals surface area contributed by atoms with Gasteiger partial charge in [0.2, 0.25) is 11.2 Å². The highest BCUT2D eigenvalue weighted by molar-refractivity contribution is 6.33. The van der Waals surface area contributed by atoms with Gasteiger partial charge < -0.3 is 14.5 Å². The van der Waals surface area contributed by atoms with Gasteiger partial charge in [-0.3, -0.25) is 9.59 Å². The summed E-state index contributed by atoms with van der Waals surface area (Å²) in [6.45, 7) is 3.45. The number of rotatable bonds is 5. The molecular weight excluding hydrogens is 414 g/mol. The number of carbonyl (C=O) groups is 1. The molecule has 1 N–H and O–H groups in total. The zero-order valence-electron chi connectivity index (χ0n) is 17.1. The molecule has 3 aromatic carbocycles. The van der Waals surface area contributed by atoms with Crippen molar-refractivity contribution in [2.24, 2.45) is 0 Å². The van der Waals surface area contributed by atoms with E-state index in [4.69, 9.17) is 20.8 Å². The van der Waals surface area contributed by atoms with Gasteiger partial charge in [0.15, 0.2) is 12.4 Å². The lowest BCUT2D eigenvalue weighted by atomic mass is 10.1. The fourth-order valence-electron chi connectivity index (χ4n) is 3.27. The van der Waals surface area contributed by atoms with Crippen LogP contribution in [0, 0.1) is 13.8 Å². The summed E-state index contributed by atoms with van der Waals surface area (Å²) in [6.07, 6.45) is 0. The molecule has 1 amide bonds. The van der Waals surface area contributed by atoms with E-state index in [0.29, 0.717) is 27.2 Å². The molecule has 0 saturated carbocycles. The van der Waals surface area contributed by atoms with Crippen molar-refractivity contribution in [1.29, 1.82) is 0 Å². The molecule has 5 nitrogen and oxygen atoms in total. The number of hydrogen-bond donors (Lipinski definition) is 1. The standard InChI is InChI=1S/C25H20ClNO4/c1-15-11-12-18-21(13-15)31-24(17-8-4-5-9-19(17)26)25(23(18)29)30-14-22(28)27-20-10-6-3-7-16(20)2/h3-13H,14H2,1-2H3,(H,27,28). The number of carbonyl (C=O) groups excluding carboxylic acids is 1. The van der Waals surface area contributed by atoms with Gasteiger partial charge in [0.05, 0.1) is 10.4 Å². The quantitative estimate of drug-likeness (QED) is 0.435. The predicted molar refractivity (Wildman–Crippen MR) is 123 cm³/mol. The van der Waals surface area contributed by atoms with Gasteiger partial charge in [-0.05, 0) is 55.3 Å². The lowest BCUT2D eigenvalue weighted by Gasteiger charge is -2.13. The van der Waals surface area contributed by atoms with E-state index in [2.05, 4.69) is 5.32 Å². The van der Waals surface area contributed by atoms with Crippen LogP contribution in [0.15, 0.2) is 75.9 Å². The summed E-state index contributed by atoms with van der Waals surface area (Å²) < 4.78 is 11.8. The lowest BCUT2D eigenvalue weighted by molar-refractivity contribution is -0.118. The highest BCUT2D eigenvalue weighted by atomic mass is 35.5. The first-order chi connectivity index (χ1) is 14.9. The van der Waals surface area contributed by atoms with Gasteiger partial charge in [-0.25, -0.2) is 0 Å². The molecular formula is C25H20ClNO4. The Morgan fingerprint density at radius 1 is 1.03 bits per heavy atom. The summed E-state index contributed by atoms with van der Waals surface area (Å²) in [5.74, 6) is -0.246. The fourth-order valence-corrected chi connectivity index (χ4v) is 3.50. The van der Waals surface area contributed by atoms with E-state index in [9.17, 15) is 9.59 Å². The van der Waals surface area contributed by atoms with Crippen molar-refractivity contribution >= 4 is 34.2 Å². The van der Waals surface area contributed by atoms with Crippen molar-refractivity contribution in [1.82, 2.24) is 0 Å². The van der Waals surface area contributed by atoms with Gasteiger partial charge in [-0.15, -0.1) is 0 Å². The molecule has 0 fully saturated rings. The molecule has 0 saturated heterocycles. The average Bonchev–Trinajstić information content (AvgIpc) is 2.75. The molecule has 4 rings (SSSR count). The van der Waals surface area contributed by atoms with Gasteiger partial charge >= 0.3 is 0 Å². The van der Waals surface area contributed by atoms with Crippen molar-refractivity contribution in [3.63, 3.8) is 0 Å². The summed E-state index contributed by atoms with van der Waals surface area (Å²) in [4.78, 5) is 25.7. The normalized spacial score (nSPS) is 10.8. The maximum absolute atomic E-state index is 13.2. The maximum atomic E-state index is 13.2. The molecule has 0 radical (unpaired) electrons. The molecule has 156 valence electrons. The van der Waals surface area contributed by atoms with E-state index in [-0.39, 0.29) is 29.5 Å². The van der Waals surface area contributed by atoms with Gasteiger partial charge in [-0.2, -0.15) is 0 Å². The Labute approximate surface area is 184 Å². The number of aryl methyl sites for hydroxylation is 2. The molecule has 0 aliphatic rings. The molecule has 0 unspecified atom stereocenters. The van der Waals surface area contributed by atoms with E-state index in [1.807, 2.05) is 38.1 Å². The predicted octanol–water partition coefficient (Wildman–Crippen LogP) is 5.75. The molecule has 6 heteroatoms. The Hall–Kier alpha value is -3.57. The highest BCUT2D eigenvalue weighted by Gasteiger charge is 2.20. The van der Waals surface area contributed by atoms with Crippen molar-refractivity contribution in [3.05, 3.63) is 93.1 Å². The minimum Gasteiger partial charge on any atom is -0.476 e. The number of para-hydroxylation sites is 1. The van der Waals surface area contributed by atoms with Crippen molar-refractivity contribution < 1.29 is 13.9 Å². The number of amides is 1. The summed E-state index contributed by atoms with van der Waals surface area (Å²) in [5, 5.41) is 3.57. The monoisotopic (exact) mass is 433 g/mol. The van der Waals surface area contributed by atoms with Crippen LogP contribution in [-0.4, -0.2) is 12.5 Å². The number of nitrogens with one attached hydrogen (secondary N) is 1. The second-order valence-corrected chi connectivity index (χ2v) is 7.63. The van der Waals surface area contributed by atoms with Crippen molar-refractivity contribution in [2.45, 2.75) is 13.8 Å². The molecule has 0 spiro atoms. The molecule has 0 aliphatic heterocycles. The largest absolute Gasteiger partial charge is 0.476 e. The van der Waals surface area contributed by atoms with Gasteiger partial charge in [-0.1, -0.05) is 48.0 Å². The Morgan fingerprint density at radius 2 is 1.77 bits per heavy atom. The first-order valence-electron chi connectivity index (χ1n) is 9.74. The SMILES string of the molecule is Cc1ccc2c(=O)c(OCC(=O)Nc3ccccc3C)c(-c3ccccc3Cl)oc2c1. The Bertz CT molecular complexity index is 1340. The topological polar surface area (TPSA) is 68.5 Å². The van der Waals surface area contributed by atoms with Gasteiger partial charge in [0.25, 0.3) is 5.91 Å². The fraction of sp³-hybridized carbons (Fsp3) is 0.120. The molecule has 0 atom stereocenters. The van der Waals surface area contributed by atoms with Crippen molar-refractivity contribution in [3.8, 4) is 17.1 Å². The number of hydrogen-bond acceptors (Lipinski definition) is 4. The summed E-state index contributed by atoms with van der Waals surface area (Å²) in [5.41, 5.74) is 3.14. The van der Waals surface area contributed by atoms with Crippen LogP contribution in [-0.2, 0) is 4.79 Å². The van der Waals surface area contributed by atoms with E-state index >= 15 is 0 Å². The number of halogens is 1. The zero-order chi connectivity index (χ0) is 22.0. The third-order valence-corrected chi connectivity index (χ3v) is 5.22. The number of anilines is 1. The Kier molecular flexibility index (Phi) is 5.78. The second-order valence-electron chi connectivity index (χ2n) is 7.22. The summed E-state index contributed by atoms with van der Waals surface area (Å²) in [6, 6.07) is 19.7. The van der Waals surface area contributed by atoms with E-state index in [1.165, 1.54) is 0 Å². The summed E-state index contributed by atoms with van der Waals surface area (Å²) in [7, 11) is 0. The van der Waals surface area contributed by atoms with Crippen molar-refractivity contribution in [2.75, 3.05) is 11.9 Å². The van der Waals surface area contributed by atoms with Crippen LogP contribution < -0.4 is 15.5 Å². The lowest BCUT2D eigenvalue weighted by Crippen LogP contribution is -2.23. The first kappa shape index (κ1) is 20.7. The minimum atomic E-state index is -0.386. The third kappa shape index (κ3) is 4.32. The van der Waals surface area contributed by atoms with Crippen LogP contribution in [0.25, 0.3) is 22.3 Å². The molecule has 4 aromatic rings. The number of fused-ring (bicyclic) bond motifs is 1. The van der Waals surface area contributed by atoms with Crippen LogP contribution in [0.1, 0.15) is 11.1 Å². The molecule has 1 aromatic heterocycles. The molecule has 0 aliphatic carbocycles. The van der Waals surface area contributed by atoms with E-state index < -0.39 is 0 Å². The second kappa shape index (κ2) is 8.66. The van der Waals surface area contributed by atoms with Crippen LogP contribution >= 0.6 is 11.6 Å². The van der Waals surface area contributed by atoms with E-state index in [0.717, 1.165) is 11.1 Å². The van der Waals surface area contributed by atoms with Crippen LogP contribution in [0.5, 0.6) is 5.75 Å². The zero-order valence-corrected chi connectivity index (χ0v) is 17.8.